The van der Waals surface area contributed by atoms with Gasteiger partial charge in [-0.3, -0.25) is 9.59 Å². The largest absolute Gasteiger partial charge is 0.342 e. The SMILES string of the molecule is Cc1ccc(C(=O)NC(C)c2nc3ccccc3n2CC(=O)Nc2ccc(F)cc2)cc1. The molecule has 7 heteroatoms. The number of halogens is 1. The lowest BCUT2D eigenvalue weighted by molar-refractivity contribution is -0.116. The van der Waals surface area contributed by atoms with Gasteiger partial charge < -0.3 is 15.2 Å². The zero-order chi connectivity index (χ0) is 22.7. The number of aryl methyl sites for hydroxylation is 1. The number of para-hydroxylation sites is 2. The Morgan fingerprint density at radius 1 is 1.00 bits per heavy atom. The second kappa shape index (κ2) is 9.01. The second-order valence-electron chi connectivity index (χ2n) is 7.66. The van der Waals surface area contributed by atoms with Crippen LogP contribution in [0.25, 0.3) is 11.0 Å². The van der Waals surface area contributed by atoms with Gasteiger partial charge in [-0.1, -0.05) is 29.8 Å². The van der Waals surface area contributed by atoms with Crippen LogP contribution in [0.5, 0.6) is 0 Å². The van der Waals surface area contributed by atoms with Crippen molar-refractivity contribution in [2.45, 2.75) is 26.4 Å². The van der Waals surface area contributed by atoms with Crippen LogP contribution in [0.4, 0.5) is 10.1 Å². The van der Waals surface area contributed by atoms with Gasteiger partial charge in [-0.2, -0.15) is 0 Å². The molecule has 32 heavy (non-hydrogen) atoms. The second-order valence-corrected chi connectivity index (χ2v) is 7.66. The Morgan fingerprint density at radius 2 is 1.69 bits per heavy atom. The lowest BCUT2D eigenvalue weighted by atomic mass is 10.1. The minimum atomic E-state index is -0.435. The molecular weight excluding hydrogens is 407 g/mol. The van der Waals surface area contributed by atoms with Gasteiger partial charge in [0, 0.05) is 11.3 Å². The number of carbonyl (C=O) groups excluding carboxylic acids is 2. The van der Waals surface area contributed by atoms with Gasteiger partial charge in [0.1, 0.15) is 18.2 Å². The van der Waals surface area contributed by atoms with Crippen LogP contribution in [0.1, 0.15) is 34.7 Å². The third kappa shape index (κ3) is 4.67. The summed E-state index contributed by atoms with van der Waals surface area (Å²) in [5.41, 5.74) is 3.65. The number of amides is 2. The monoisotopic (exact) mass is 430 g/mol. The molecule has 1 unspecified atom stereocenters. The van der Waals surface area contributed by atoms with E-state index in [-0.39, 0.29) is 24.2 Å². The van der Waals surface area contributed by atoms with Gasteiger partial charge in [0.25, 0.3) is 5.91 Å². The van der Waals surface area contributed by atoms with Crippen molar-refractivity contribution in [2.75, 3.05) is 5.32 Å². The van der Waals surface area contributed by atoms with E-state index in [1.807, 2.05) is 50.2 Å². The highest BCUT2D eigenvalue weighted by Crippen LogP contribution is 2.22. The van der Waals surface area contributed by atoms with Crippen molar-refractivity contribution < 1.29 is 14.0 Å². The van der Waals surface area contributed by atoms with Gasteiger partial charge in [0.2, 0.25) is 5.91 Å². The summed E-state index contributed by atoms with van der Waals surface area (Å²) < 4.78 is 14.9. The first kappa shape index (κ1) is 21.2. The summed E-state index contributed by atoms with van der Waals surface area (Å²) in [4.78, 5) is 30.1. The molecule has 0 fully saturated rings. The quantitative estimate of drug-likeness (QED) is 0.469. The van der Waals surface area contributed by atoms with E-state index in [0.29, 0.717) is 17.1 Å². The van der Waals surface area contributed by atoms with E-state index < -0.39 is 6.04 Å². The standard InChI is InChI=1S/C25H23FN4O2/c1-16-7-9-18(10-8-16)25(32)27-17(2)24-29-21-5-3-4-6-22(21)30(24)15-23(31)28-20-13-11-19(26)12-14-20/h3-14,17H,15H2,1-2H3,(H,27,32)(H,28,31). The van der Waals surface area contributed by atoms with Crippen LogP contribution in [-0.4, -0.2) is 21.4 Å². The van der Waals surface area contributed by atoms with Crippen LogP contribution in [0.2, 0.25) is 0 Å². The number of fused-ring (bicyclic) bond motifs is 1. The number of hydrogen-bond donors (Lipinski definition) is 2. The first-order chi connectivity index (χ1) is 15.4. The Hall–Kier alpha value is -4.00. The highest BCUT2D eigenvalue weighted by atomic mass is 19.1. The Balaban J connectivity index is 1.57. The summed E-state index contributed by atoms with van der Waals surface area (Å²) in [7, 11) is 0. The van der Waals surface area contributed by atoms with Crippen molar-refractivity contribution >= 4 is 28.5 Å². The van der Waals surface area contributed by atoms with Crippen molar-refractivity contribution in [3.8, 4) is 0 Å². The molecule has 1 heterocycles. The molecule has 0 bridgehead atoms. The normalized spacial score (nSPS) is 11.8. The average molecular weight is 430 g/mol. The molecule has 3 aromatic carbocycles. The summed E-state index contributed by atoms with van der Waals surface area (Å²) in [6, 6.07) is 20.0. The van der Waals surface area contributed by atoms with E-state index in [9.17, 15) is 14.0 Å². The fourth-order valence-electron chi connectivity index (χ4n) is 3.52. The number of nitrogens with one attached hydrogen (secondary N) is 2. The number of carbonyl (C=O) groups is 2. The summed E-state index contributed by atoms with van der Waals surface area (Å²) >= 11 is 0. The summed E-state index contributed by atoms with van der Waals surface area (Å²) in [6.07, 6.45) is 0. The van der Waals surface area contributed by atoms with Crippen LogP contribution in [-0.2, 0) is 11.3 Å². The van der Waals surface area contributed by atoms with Crippen molar-refractivity contribution in [1.82, 2.24) is 14.9 Å². The van der Waals surface area contributed by atoms with E-state index in [1.54, 1.807) is 16.7 Å². The number of anilines is 1. The predicted octanol–water partition coefficient (Wildman–Crippen LogP) is 4.61. The van der Waals surface area contributed by atoms with Crippen LogP contribution >= 0.6 is 0 Å². The zero-order valence-corrected chi connectivity index (χ0v) is 17.8. The third-order valence-corrected chi connectivity index (χ3v) is 5.16. The maximum atomic E-state index is 13.1. The Bertz CT molecular complexity index is 1260. The molecule has 1 atom stereocenters. The average Bonchev–Trinajstić information content (AvgIpc) is 3.14. The lowest BCUT2D eigenvalue weighted by Gasteiger charge is -2.16. The zero-order valence-electron chi connectivity index (χ0n) is 17.8. The number of benzene rings is 3. The molecule has 0 saturated heterocycles. The molecule has 0 aliphatic rings. The van der Waals surface area contributed by atoms with Crippen LogP contribution < -0.4 is 10.6 Å². The molecule has 0 aliphatic heterocycles. The summed E-state index contributed by atoms with van der Waals surface area (Å²) in [6.45, 7) is 3.79. The van der Waals surface area contributed by atoms with Crippen LogP contribution in [0, 0.1) is 12.7 Å². The molecule has 6 nitrogen and oxygen atoms in total. The molecule has 1 aromatic heterocycles. The highest BCUT2D eigenvalue weighted by molar-refractivity contribution is 5.94. The maximum Gasteiger partial charge on any atom is 0.251 e. The fourth-order valence-corrected chi connectivity index (χ4v) is 3.52. The van der Waals surface area contributed by atoms with Crippen molar-refractivity contribution in [1.29, 1.82) is 0 Å². The van der Waals surface area contributed by atoms with E-state index in [4.69, 9.17) is 0 Å². The predicted molar refractivity (Wildman–Crippen MR) is 122 cm³/mol. The minimum absolute atomic E-state index is 0.00202. The van der Waals surface area contributed by atoms with Crippen molar-refractivity contribution in [3.05, 3.63) is 95.6 Å². The van der Waals surface area contributed by atoms with Crippen molar-refractivity contribution in [2.24, 2.45) is 0 Å². The maximum absolute atomic E-state index is 13.1. The fraction of sp³-hybridized carbons (Fsp3) is 0.160. The lowest BCUT2D eigenvalue weighted by Crippen LogP contribution is -2.30. The number of imidazole rings is 1. The number of rotatable bonds is 6. The molecular formula is C25H23FN4O2. The summed E-state index contributed by atoms with van der Waals surface area (Å²) in [5.74, 6) is -0.296. The number of aromatic nitrogens is 2. The molecule has 162 valence electrons. The van der Waals surface area contributed by atoms with E-state index >= 15 is 0 Å². The molecule has 0 radical (unpaired) electrons. The van der Waals surface area contributed by atoms with Gasteiger partial charge in [-0.25, -0.2) is 9.37 Å². The van der Waals surface area contributed by atoms with Gasteiger partial charge in [-0.15, -0.1) is 0 Å². The minimum Gasteiger partial charge on any atom is -0.342 e. The topological polar surface area (TPSA) is 76.0 Å². The number of nitrogens with zero attached hydrogens (tertiary/aromatic N) is 2. The van der Waals surface area contributed by atoms with E-state index in [2.05, 4.69) is 15.6 Å². The van der Waals surface area contributed by atoms with Gasteiger partial charge in [0.05, 0.1) is 17.1 Å². The van der Waals surface area contributed by atoms with Crippen LogP contribution in [0.3, 0.4) is 0 Å². The summed E-state index contributed by atoms with van der Waals surface area (Å²) in [5, 5.41) is 5.74. The first-order valence-corrected chi connectivity index (χ1v) is 10.3. The molecule has 4 aromatic rings. The Kier molecular flexibility index (Phi) is 5.98. The highest BCUT2D eigenvalue weighted by Gasteiger charge is 2.20. The smallest absolute Gasteiger partial charge is 0.251 e. The molecule has 2 amide bonds. The molecule has 0 aliphatic carbocycles. The first-order valence-electron chi connectivity index (χ1n) is 10.3. The molecule has 0 saturated carbocycles. The molecule has 4 rings (SSSR count). The van der Waals surface area contributed by atoms with Gasteiger partial charge in [0.15, 0.2) is 0 Å². The Labute approximate surface area is 185 Å². The van der Waals surface area contributed by atoms with Gasteiger partial charge in [-0.05, 0) is 62.4 Å². The molecule has 2 N–H and O–H groups in total. The van der Waals surface area contributed by atoms with Crippen molar-refractivity contribution in [3.63, 3.8) is 0 Å². The third-order valence-electron chi connectivity index (χ3n) is 5.16. The number of hydrogen-bond acceptors (Lipinski definition) is 3. The van der Waals surface area contributed by atoms with Crippen LogP contribution in [0.15, 0.2) is 72.8 Å². The van der Waals surface area contributed by atoms with E-state index in [0.717, 1.165) is 16.6 Å². The van der Waals surface area contributed by atoms with E-state index in [1.165, 1.54) is 24.3 Å². The molecule has 0 spiro atoms. The Morgan fingerprint density at radius 3 is 2.41 bits per heavy atom. The van der Waals surface area contributed by atoms with Gasteiger partial charge >= 0.3 is 0 Å².